The number of halogens is 2. The quantitative estimate of drug-likeness (QED) is 0.795. The van der Waals surface area contributed by atoms with Crippen LogP contribution in [0.4, 0.5) is 4.39 Å². The van der Waals surface area contributed by atoms with E-state index < -0.39 is 5.54 Å². The van der Waals surface area contributed by atoms with Gasteiger partial charge in [0.2, 0.25) is 0 Å². The van der Waals surface area contributed by atoms with Crippen LogP contribution in [0.15, 0.2) is 35.3 Å². The third-order valence-electron chi connectivity index (χ3n) is 1.93. The van der Waals surface area contributed by atoms with Crippen molar-refractivity contribution in [3.05, 3.63) is 46.7 Å². The van der Waals surface area contributed by atoms with Crippen molar-refractivity contribution < 1.29 is 4.39 Å². The molecular formula is C10H11BrFN. The highest BCUT2D eigenvalue weighted by Gasteiger charge is 2.19. The Balaban J connectivity index is 3.28. The van der Waals surface area contributed by atoms with Crippen molar-refractivity contribution in [2.24, 2.45) is 5.73 Å². The normalized spacial score (nSPS) is 15.1. The zero-order chi connectivity index (χ0) is 10.1. The summed E-state index contributed by atoms with van der Waals surface area (Å²) in [5.41, 5.74) is 5.88. The van der Waals surface area contributed by atoms with Gasteiger partial charge in [-0.1, -0.05) is 22.0 Å². The van der Waals surface area contributed by atoms with Crippen LogP contribution in [0.5, 0.6) is 0 Å². The van der Waals surface area contributed by atoms with Gasteiger partial charge in [-0.2, -0.15) is 0 Å². The average molecular weight is 244 g/mol. The molecule has 0 spiro atoms. The number of nitrogens with two attached hydrogens (primary N) is 1. The van der Waals surface area contributed by atoms with E-state index in [9.17, 15) is 4.39 Å². The molecule has 0 aliphatic heterocycles. The molecule has 2 N–H and O–H groups in total. The molecule has 3 heteroatoms. The second-order valence-electron chi connectivity index (χ2n) is 3.11. The summed E-state index contributed by atoms with van der Waals surface area (Å²) < 4.78 is 13.7. The monoisotopic (exact) mass is 243 g/mol. The highest BCUT2D eigenvalue weighted by Crippen LogP contribution is 2.27. The molecule has 1 aromatic rings. The van der Waals surface area contributed by atoms with Crippen molar-refractivity contribution >= 4 is 15.9 Å². The van der Waals surface area contributed by atoms with E-state index >= 15 is 0 Å². The van der Waals surface area contributed by atoms with Gasteiger partial charge in [0.1, 0.15) is 5.82 Å². The Hall–Kier alpha value is -0.670. The van der Waals surface area contributed by atoms with Crippen LogP contribution < -0.4 is 5.73 Å². The third-order valence-corrected chi connectivity index (χ3v) is 2.62. The Morgan fingerprint density at radius 2 is 2.23 bits per heavy atom. The lowest BCUT2D eigenvalue weighted by Gasteiger charge is -2.21. The Morgan fingerprint density at radius 3 is 2.77 bits per heavy atom. The molecule has 0 saturated heterocycles. The zero-order valence-electron chi connectivity index (χ0n) is 7.35. The van der Waals surface area contributed by atoms with Gasteiger partial charge < -0.3 is 5.73 Å². The van der Waals surface area contributed by atoms with Gasteiger partial charge >= 0.3 is 0 Å². The highest BCUT2D eigenvalue weighted by molar-refractivity contribution is 9.10. The van der Waals surface area contributed by atoms with E-state index in [-0.39, 0.29) is 5.82 Å². The lowest BCUT2D eigenvalue weighted by atomic mass is 9.93. The first-order valence-corrected chi connectivity index (χ1v) is 4.64. The van der Waals surface area contributed by atoms with Gasteiger partial charge in [0, 0.05) is 4.47 Å². The van der Waals surface area contributed by atoms with Gasteiger partial charge in [0.25, 0.3) is 0 Å². The van der Waals surface area contributed by atoms with Crippen molar-refractivity contribution in [2.75, 3.05) is 0 Å². The predicted octanol–water partition coefficient (Wildman–Crippen LogP) is 2.95. The maximum Gasteiger partial charge on any atom is 0.123 e. The Bertz CT molecular complexity index is 334. The summed E-state index contributed by atoms with van der Waals surface area (Å²) in [7, 11) is 0. The standard InChI is InChI=1S/C10H11BrFN/c1-3-10(2,13)8-6-7(12)4-5-9(8)11/h3-6H,1,13H2,2H3. The Labute approximate surface area is 85.6 Å². The van der Waals surface area contributed by atoms with E-state index in [1.807, 2.05) is 0 Å². The van der Waals surface area contributed by atoms with Crippen LogP contribution in [0.1, 0.15) is 12.5 Å². The van der Waals surface area contributed by atoms with E-state index in [1.165, 1.54) is 12.1 Å². The number of hydrogen-bond donors (Lipinski definition) is 1. The smallest absolute Gasteiger partial charge is 0.123 e. The van der Waals surface area contributed by atoms with E-state index in [1.54, 1.807) is 19.1 Å². The van der Waals surface area contributed by atoms with Crippen LogP contribution in [0.2, 0.25) is 0 Å². The van der Waals surface area contributed by atoms with Crippen LogP contribution in [-0.4, -0.2) is 0 Å². The van der Waals surface area contributed by atoms with E-state index in [0.717, 1.165) is 4.47 Å². The van der Waals surface area contributed by atoms with Crippen molar-refractivity contribution in [1.29, 1.82) is 0 Å². The fourth-order valence-electron chi connectivity index (χ4n) is 1.02. The number of rotatable bonds is 2. The molecule has 1 rings (SSSR count). The van der Waals surface area contributed by atoms with Crippen molar-refractivity contribution in [3.8, 4) is 0 Å². The van der Waals surface area contributed by atoms with Crippen LogP contribution in [0.3, 0.4) is 0 Å². The Morgan fingerprint density at radius 1 is 1.62 bits per heavy atom. The second kappa shape index (κ2) is 3.60. The third kappa shape index (κ3) is 2.17. The summed E-state index contributed by atoms with van der Waals surface area (Å²) in [4.78, 5) is 0. The molecule has 0 heterocycles. The lowest BCUT2D eigenvalue weighted by molar-refractivity contribution is 0.594. The average Bonchev–Trinajstić information content (AvgIpc) is 2.09. The molecule has 1 atom stereocenters. The van der Waals surface area contributed by atoms with Gasteiger partial charge in [-0.3, -0.25) is 0 Å². The minimum Gasteiger partial charge on any atom is -0.318 e. The van der Waals surface area contributed by atoms with Crippen LogP contribution in [-0.2, 0) is 5.54 Å². The Kier molecular flexibility index (Phi) is 2.88. The second-order valence-corrected chi connectivity index (χ2v) is 3.97. The van der Waals surface area contributed by atoms with E-state index in [4.69, 9.17) is 5.73 Å². The largest absolute Gasteiger partial charge is 0.318 e. The minimum atomic E-state index is -0.707. The maximum atomic E-state index is 12.9. The summed E-state index contributed by atoms with van der Waals surface area (Å²) in [6.07, 6.45) is 1.59. The predicted molar refractivity (Wildman–Crippen MR) is 55.8 cm³/mol. The number of hydrogen-bond acceptors (Lipinski definition) is 1. The molecule has 0 aliphatic rings. The van der Waals surface area contributed by atoms with Gasteiger partial charge in [0.15, 0.2) is 0 Å². The van der Waals surface area contributed by atoms with Crippen LogP contribution in [0.25, 0.3) is 0 Å². The highest BCUT2D eigenvalue weighted by atomic mass is 79.9. The fourth-order valence-corrected chi connectivity index (χ4v) is 1.69. The van der Waals surface area contributed by atoms with Crippen molar-refractivity contribution in [2.45, 2.75) is 12.5 Å². The van der Waals surface area contributed by atoms with Gasteiger partial charge in [-0.15, -0.1) is 6.58 Å². The molecule has 0 saturated carbocycles. The fraction of sp³-hybridized carbons (Fsp3) is 0.200. The summed E-state index contributed by atoms with van der Waals surface area (Å²) in [6.45, 7) is 5.39. The summed E-state index contributed by atoms with van der Waals surface area (Å²) >= 11 is 3.31. The molecule has 1 aromatic carbocycles. The van der Waals surface area contributed by atoms with Crippen molar-refractivity contribution in [1.82, 2.24) is 0 Å². The molecule has 0 aliphatic carbocycles. The maximum absolute atomic E-state index is 12.9. The topological polar surface area (TPSA) is 26.0 Å². The SMILES string of the molecule is C=CC(C)(N)c1cc(F)ccc1Br. The van der Waals surface area contributed by atoms with Crippen LogP contribution in [0, 0.1) is 5.82 Å². The summed E-state index contributed by atoms with van der Waals surface area (Å²) in [6, 6.07) is 4.43. The zero-order valence-corrected chi connectivity index (χ0v) is 8.94. The minimum absolute atomic E-state index is 0.295. The molecule has 0 fully saturated rings. The van der Waals surface area contributed by atoms with E-state index in [2.05, 4.69) is 22.5 Å². The first-order chi connectivity index (χ1) is 5.97. The first kappa shape index (κ1) is 10.4. The molecule has 0 amide bonds. The molecule has 70 valence electrons. The van der Waals surface area contributed by atoms with Gasteiger partial charge in [0.05, 0.1) is 5.54 Å². The van der Waals surface area contributed by atoms with Crippen LogP contribution >= 0.6 is 15.9 Å². The molecular weight excluding hydrogens is 233 g/mol. The molecule has 0 aromatic heterocycles. The molecule has 13 heavy (non-hydrogen) atoms. The van der Waals surface area contributed by atoms with Gasteiger partial charge in [-0.25, -0.2) is 4.39 Å². The molecule has 0 bridgehead atoms. The summed E-state index contributed by atoms with van der Waals surface area (Å²) in [5.74, 6) is -0.295. The molecule has 1 nitrogen and oxygen atoms in total. The first-order valence-electron chi connectivity index (χ1n) is 3.85. The number of benzene rings is 1. The lowest BCUT2D eigenvalue weighted by Crippen LogP contribution is -2.30. The summed E-state index contributed by atoms with van der Waals surface area (Å²) in [5, 5.41) is 0. The van der Waals surface area contributed by atoms with Gasteiger partial charge in [-0.05, 0) is 30.7 Å². The van der Waals surface area contributed by atoms with E-state index in [0.29, 0.717) is 5.56 Å². The molecule has 0 radical (unpaired) electrons. The molecule has 1 unspecified atom stereocenters. The van der Waals surface area contributed by atoms with Crippen molar-refractivity contribution in [3.63, 3.8) is 0 Å².